The van der Waals surface area contributed by atoms with Crippen LogP contribution in [0.25, 0.3) is 0 Å². The Bertz CT molecular complexity index is 948. The van der Waals surface area contributed by atoms with Crippen LogP contribution < -0.4 is 10.6 Å². The van der Waals surface area contributed by atoms with E-state index in [9.17, 15) is 19.8 Å². The monoisotopic (exact) mass is 475 g/mol. The zero-order valence-corrected chi connectivity index (χ0v) is 19.6. The summed E-state index contributed by atoms with van der Waals surface area (Å²) in [5.74, 6) is -1.45. The van der Waals surface area contributed by atoms with Crippen LogP contribution in [0.2, 0.25) is 0 Å². The lowest BCUT2D eigenvalue weighted by Gasteiger charge is -2.29. The number of thiophene rings is 1. The Morgan fingerprint density at radius 3 is 2.69 bits per heavy atom. The average molecular weight is 476 g/mol. The number of carbonyl (C=O) groups is 2. The molecular formula is C23H29N3O4S2. The summed E-state index contributed by atoms with van der Waals surface area (Å²) in [5, 5.41) is 29.9. The van der Waals surface area contributed by atoms with Gasteiger partial charge in [0.15, 0.2) is 12.2 Å². The van der Waals surface area contributed by atoms with Crippen molar-refractivity contribution in [1.82, 2.24) is 15.5 Å². The molecule has 3 atom stereocenters. The van der Waals surface area contributed by atoms with Crippen LogP contribution in [0.4, 0.5) is 0 Å². The molecule has 1 saturated heterocycles. The minimum Gasteiger partial charge on any atom is -0.389 e. The van der Waals surface area contributed by atoms with Crippen molar-refractivity contribution >= 4 is 35.8 Å². The molecule has 0 saturated carbocycles. The summed E-state index contributed by atoms with van der Waals surface area (Å²) in [5.41, 5.74) is 3.08. The van der Waals surface area contributed by atoms with Crippen LogP contribution in [0.3, 0.4) is 0 Å². The molecule has 0 radical (unpaired) electrons. The zero-order chi connectivity index (χ0) is 23.1. The quantitative estimate of drug-likeness (QED) is 0.355. The normalized spacial score (nSPS) is 18.3. The fourth-order valence-electron chi connectivity index (χ4n) is 3.84. The topological polar surface area (TPSA) is 102 Å². The fraction of sp³-hybridized carbons (Fsp3) is 0.391. The third kappa shape index (κ3) is 5.92. The number of amides is 2. The van der Waals surface area contributed by atoms with E-state index in [1.165, 1.54) is 21.8 Å². The SMILES string of the molecule is CN/C(=C\S)[C@H]1CCCN1C(=O)[C@H](O)[C@@H](O)C(=O)NCc1cc(Cc2ccccc2)cs1. The van der Waals surface area contributed by atoms with E-state index in [4.69, 9.17) is 0 Å². The lowest BCUT2D eigenvalue weighted by Crippen LogP contribution is -2.52. The molecule has 9 heteroatoms. The summed E-state index contributed by atoms with van der Waals surface area (Å²) in [6.07, 6.45) is -1.39. The highest BCUT2D eigenvalue weighted by atomic mass is 32.1. The van der Waals surface area contributed by atoms with E-state index in [2.05, 4.69) is 35.4 Å². The maximum absolute atomic E-state index is 12.7. The predicted octanol–water partition coefficient (Wildman–Crippen LogP) is 1.66. The molecule has 2 amide bonds. The molecular weight excluding hydrogens is 446 g/mol. The fourth-order valence-corrected chi connectivity index (χ4v) is 4.97. The molecule has 0 unspecified atom stereocenters. The molecule has 1 fully saturated rings. The number of nitrogens with one attached hydrogen (secondary N) is 2. The van der Waals surface area contributed by atoms with Crippen LogP contribution in [0.15, 0.2) is 52.9 Å². The number of thiol groups is 1. The van der Waals surface area contributed by atoms with Gasteiger partial charge in [-0.3, -0.25) is 9.59 Å². The van der Waals surface area contributed by atoms with E-state index in [0.717, 1.165) is 35.4 Å². The molecule has 172 valence electrons. The Morgan fingerprint density at radius 1 is 1.25 bits per heavy atom. The molecule has 0 aliphatic carbocycles. The molecule has 1 aliphatic heterocycles. The molecule has 1 aliphatic rings. The molecule has 32 heavy (non-hydrogen) atoms. The van der Waals surface area contributed by atoms with Gasteiger partial charge in [0.1, 0.15) is 0 Å². The second-order valence-electron chi connectivity index (χ2n) is 7.72. The molecule has 0 bridgehead atoms. The number of likely N-dealkylation sites (tertiary alicyclic amines) is 1. The van der Waals surface area contributed by atoms with E-state index >= 15 is 0 Å². The first-order valence-corrected chi connectivity index (χ1v) is 11.9. The van der Waals surface area contributed by atoms with Crippen LogP contribution in [0.1, 0.15) is 28.8 Å². The highest BCUT2D eigenvalue weighted by Crippen LogP contribution is 2.24. The van der Waals surface area contributed by atoms with Crippen molar-refractivity contribution in [3.05, 3.63) is 68.9 Å². The van der Waals surface area contributed by atoms with Crippen molar-refractivity contribution in [2.75, 3.05) is 13.6 Å². The zero-order valence-electron chi connectivity index (χ0n) is 17.9. The molecule has 0 spiro atoms. The first-order chi connectivity index (χ1) is 15.4. The third-order valence-corrected chi connectivity index (χ3v) is 6.80. The van der Waals surface area contributed by atoms with Crippen molar-refractivity contribution in [3.63, 3.8) is 0 Å². The van der Waals surface area contributed by atoms with Gasteiger partial charge in [0.05, 0.1) is 12.6 Å². The summed E-state index contributed by atoms with van der Waals surface area (Å²) in [6, 6.07) is 11.8. The van der Waals surface area contributed by atoms with Gasteiger partial charge in [0, 0.05) is 24.2 Å². The smallest absolute Gasteiger partial charge is 0.255 e. The summed E-state index contributed by atoms with van der Waals surface area (Å²) in [4.78, 5) is 27.5. The van der Waals surface area contributed by atoms with E-state index in [1.54, 1.807) is 12.5 Å². The van der Waals surface area contributed by atoms with Gasteiger partial charge in [0.25, 0.3) is 11.8 Å². The Balaban J connectivity index is 1.53. The lowest BCUT2D eigenvalue weighted by atomic mass is 10.1. The van der Waals surface area contributed by atoms with Crippen LogP contribution >= 0.6 is 24.0 Å². The maximum atomic E-state index is 12.7. The van der Waals surface area contributed by atoms with Gasteiger partial charge in [0.2, 0.25) is 0 Å². The van der Waals surface area contributed by atoms with Gasteiger partial charge in [-0.2, -0.15) is 0 Å². The van der Waals surface area contributed by atoms with Crippen LogP contribution in [0.5, 0.6) is 0 Å². The second kappa shape index (κ2) is 11.5. The molecule has 4 N–H and O–H groups in total. The number of carbonyl (C=O) groups excluding carboxylic acids is 2. The molecule has 2 aromatic rings. The first-order valence-electron chi connectivity index (χ1n) is 10.5. The van der Waals surface area contributed by atoms with Gasteiger partial charge >= 0.3 is 0 Å². The van der Waals surface area contributed by atoms with Crippen molar-refractivity contribution in [2.45, 2.75) is 44.1 Å². The van der Waals surface area contributed by atoms with Gasteiger partial charge in [-0.1, -0.05) is 30.3 Å². The van der Waals surface area contributed by atoms with Gasteiger partial charge in [-0.05, 0) is 47.2 Å². The van der Waals surface area contributed by atoms with Gasteiger partial charge < -0.3 is 25.7 Å². The standard InChI is InChI=1S/C23H29N3O4S2/c1-24-18(13-31)19-8-5-9-26(19)23(30)21(28)20(27)22(29)25-12-17-11-16(14-32-17)10-15-6-3-2-4-7-15/h2-4,6-7,11,13-14,19-21,24,27-28,31H,5,8-10,12H2,1H3,(H,25,29)/b18-13-/t19-,20-,21-/m1/s1. The third-order valence-electron chi connectivity index (χ3n) is 5.54. The summed E-state index contributed by atoms with van der Waals surface area (Å²) in [6.45, 7) is 0.663. The second-order valence-corrected chi connectivity index (χ2v) is 8.97. The number of nitrogens with zero attached hydrogens (tertiary/aromatic N) is 1. The predicted molar refractivity (Wildman–Crippen MR) is 128 cm³/mol. The van der Waals surface area contributed by atoms with E-state index in [0.29, 0.717) is 6.54 Å². The van der Waals surface area contributed by atoms with E-state index in [-0.39, 0.29) is 12.6 Å². The largest absolute Gasteiger partial charge is 0.389 e. The maximum Gasteiger partial charge on any atom is 0.255 e. The Morgan fingerprint density at radius 2 is 2.00 bits per heavy atom. The van der Waals surface area contributed by atoms with Crippen LogP contribution in [-0.2, 0) is 22.6 Å². The number of hydrogen-bond acceptors (Lipinski definition) is 7. The summed E-state index contributed by atoms with van der Waals surface area (Å²) < 4.78 is 0. The summed E-state index contributed by atoms with van der Waals surface area (Å²) >= 11 is 5.67. The highest BCUT2D eigenvalue weighted by Gasteiger charge is 2.38. The Labute approximate surface area is 197 Å². The average Bonchev–Trinajstić information content (AvgIpc) is 3.47. The highest BCUT2D eigenvalue weighted by molar-refractivity contribution is 7.83. The number of hydrogen-bond donors (Lipinski definition) is 5. The molecule has 1 aromatic carbocycles. The molecule has 3 rings (SSSR count). The van der Waals surface area contributed by atoms with Crippen molar-refractivity contribution in [2.24, 2.45) is 0 Å². The number of aliphatic hydroxyl groups excluding tert-OH is 2. The van der Waals surface area contributed by atoms with Crippen LogP contribution in [-0.4, -0.2) is 58.8 Å². The first kappa shape index (κ1) is 24.3. The van der Waals surface area contributed by atoms with Gasteiger partial charge in [-0.25, -0.2) is 0 Å². The molecule has 7 nitrogen and oxygen atoms in total. The summed E-state index contributed by atoms with van der Waals surface area (Å²) in [7, 11) is 1.73. The molecule has 1 aromatic heterocycles. The van der Waals surface area contributed by atoms with E-state index < -0.39 is 24.0 Å². The van der Waals surface area contributed by atoms with Crippen molar-refractivity contribution in [3.8, 4) is 0 Å². The minimum atomic E-state index is -1.84. The number of rotatable bonds is 9. The van der Waals surface area contributed by atoms with Crippen LogP contribution in [0, 0.1) is 0 Å². The number of benzene rings is 1. The van der Waals surface area contributed by atoms with Gasteiger partial charge in [-0.15, -0.1) is 24.0 Å². The van der Waals surface area contributed by atoms with E-state index in [1.807, 2.05) is 29.6 Å². The Hall–Kier alpha value is -2.33. The number of likely N-dealkylation sites (N-methyl/N-ethyl adjacent to an activating group) is 1. The Kier molecular flexibility index (Phi) is 8.75. The minimum absolute atomic E-state index is 0.217. The molecule has 2 heterocycles. The lowest BCUT2D eigenvalue weighted by molar-refractivity contribution is -0.153. The number of aliphatic hydroxyl groups is 2. The van der Waals surface area contributed by atoms with Crippen molar-refractivity contribution < 1.29 is 19.8 Å². The van der Waals surface area contributed by atoms with Crippen molar-refractivity contribution in [1.29, 1.82) is 0 Å².